The van der Waals surface area contributed by atoms with Gasteiger partial charge in [0.25, 0.3) is 0 Å². The van der Waals surface area contributed by atoms with Gasteiger partial charge in [0.05, 0.1) is 0 Å². The first-order valence-corrected chi connectivity index (χ1v) is 21.6. The molecule has 4 aliphatic carbocycles. The topological polar surface area (TPSA) is 72.3 Å². The van der Waals surface area contributed by atoms with Crippen LogP contribution in [0.2, 0.25) is 0 Å². The maximum absolute atomic E-state index is 13.2. The molecule has 0 spiro atoms. The molecule has 0 saturated heterocycles. The lowest BCUT2D eigenvalue weighted by atomic mass is 9.47. The Bertz CT molecular complexity index is 1010. The first-order chi connectivity index (χ1) is 21.4. The van der Waals surface area contributed by atoms with E-state index in [0.717, 1.165) is 54.1 Å². The van der Waals surface area contributed by atoms with Gasteiger partial charge in [-0.3, -0.25) is 4.79 Å². The highest BCUT2D eigenvalue weighted by Gasteiger charge is 2.59. The largest absolute Gasteiger partial charge is 0.343 e. The molecule has 0 radical (unpaired) electrons. The number of nitrogens with zero attached hydrogens (tertiary/aromatic N) is 1. The Morgan fingerprint density at radius 3 is 2.26 bits per heavy atom. The SMILES string of the molecule is CC(C)CCCC(C)[C@H]1CC[C@H]2[C@@H]3CC=C4C[C@@H](SSCCC(=O)N(CCC(C)(C)N)CCC(C)(C)N)CC[C@]4(C)[C@H]3CC[C@]12C. The zero-order chi connectivity index (χ0) is 33.9. The molecular weight excluding hydrogens is 603 g/mol. The summed E-state index contributed by atoms with van der Waals surface area (Å²) >= 11 is 0. The van der Waals surface area contributed by atoms with Crippen molar-refractivity contribution in [2.24, 2.45) is 57.8 Å². The van der Waals surface area contributed by atoms with Crippen LogP contribution in [0.5, 0.6) is 0 Å². The first kappa shape index (κ1) is 38.6. The van der Waals surface area contributed by atoms with Gasteiger partial charge in [-0.1, -0.05) is 87.1 Å². The van der Waals surface area contributed by atoms with E-state index in [-0.39, 0.29) is 17.0 Å². The van der Waals surface area contributed by atoms with E-state index < -0.39 is 0 Å². The van der Waals surface area contributed by atoms with Crippen molar-refractivity contribution in [1.29, 1.82) is 0 Å². The molecular formula is C40H73N3OS2. The molecule has 0 aromatic carbocycles. The Hall–Kier alpha value is -0.170. The zero-order valence-corrected chi connectivity index (χ0v) is 33.1. The average molecular weight is 676 g/mol. The molecule has 4 N–H and O–H groups in total. The molecule has 0 heterocycles. The summed E-state index contributed by atoms with van der Waals surface area (Å²) in [5, 5.41) is 0.680. The van der Waals surface area contributed by atoms with E-state index in [2.05, 4.69) is 51.5 Å². The van der Waals surface area contributed by atoms with Crippen LogP contribution >= 0.6 is 21.6 Å². The highest BCUT2D eigenvalue weighted by molar-refractivity contribution is 8.76. The molecule has 3 fully saturated rings. The molecule has 4 aliphatic rings. The van der Waals surface area contributed by atoms with Crippen LogP contribution in [0.25, 0.3) is 0 Å². The number of rotatable bonds is 16. The van der Waals surface area contributed by atoms with Crippen LogP contribution in [0, 0.1) is 46.3 Å². The second-order valence-electron chi connectivity index (χ2n) is 18.7. The molecule has 266 valence electrons. The van der Waals surface area contributed by atoms with E-state index in [0.29, 0.717) is 35.6 Å². The highest BCUT2D eigenvalue weighted by atomic mass is 33.1. The summed E-state index contributed by atoms with van der Waals surface area (Å²) in [6, 6.07) is 0. The summed E-state index contributed by atoms with van der Waals surface area (Å²) in [7, 11) is 3.99. The van der Waals surface area contributed by atoms with E-state index in [1.54, 1.807) is 5.57 Å². The van der Waals surface area contributed by atoms with E-state index in [9.17, 15) is 4.79 Å². The number of nitrogens with two attached hydrogens (primary N) is 2. The molecule has 6 heteroatoms. The van der Waals surface area contributed by atoms with E-state index >= 15 is 0 Å². The van der Waals surface area contributed by atoms with Gasteiger partial charge in [-0.05, 0) is 138 Å². The molecule has 4 nitrogen and oxygen atoms in total. The van der Waals surface area contributed by atoms with Gasteiger partial charge in [0.15, 0.2) is 0 Å². The fourth-order valence-corrected chi connectivity index (χ4v) is 13.0. The third kappa shape index (κ3) is 9.75. The molecule has 0 aromatic rings. The van der Waals surface area contributed by atoms with Crippen LogP contribution in [0.3, 0.4) is 0 Å². The molecule has 46 heavy (non-hydrogen) atoms. The normalized spacial score (nSPS) is 33.7. The van der Waals surface area contributed by atoms with Crippen molar-refractivity contribution in [3.05, 3.63) is 11.6 Å². The number of amides is 1. The monoisotopic (exact) mass is 676 g/mol. The second kappa shape index (κ2) is 15.8. The average Bonchev–Trinajstić information content (AvgIpc) is 3.31. The summed E-state index contributed by atoms with van der Waals surface area (Å²) in [6.45, 7) is 22.3. The van der Waals surface area contributed by atoms with Gasteiger partial charge in [-0.25, -0.2) is 0 Å². The summed E-state index contributed by atoms with van der Waals surface area (Å²) < 4.78 is 0. The van der Waals surface area contributed by atoms with Crippen molar-refractivity contribution in [3.8, 4) is 0 Å². The molecule has 8 atom stereocenters. The van der Waals surface area contributed by atoms with Crippen LogP contribution < -0.4 is 11.5 Å². The molecule has 1 amide bonds. The van der Waals surface area contributed by atoms with E-state index in [4.69, 9.17) is 11.5 Å². The summed E-state index contributed by atoms with van der Waals surface area (Å²) in [5.74, 6) is 6.52. The predicted octanol–water partition coefficient (Wildman–Crippen LogP) is 10.3. The Balaban J connectivity index is 1.27. The van der Waals surface area contributed by atoms with Gasteiger partial charge in [-0.2, -0.15) is 0 Å². The fourth-order valence-electron chi connectivity index (χ4n) is 10.4. The van der Waals surface area contributed by atoms with Crippen LogP contribution in [-0.2, 0) is 4.79 Å². The van der Waals surface area contributed by atoms with Crippen molar-refractivity contribution >= 4 is 27.5 Å². The quantitative estimate of drug-likeness (QED) is 0.0968. The van der Waals surface area contributed by atoms with E-state index in [1.165, 1.54) is 70.6 Å². The van der Waals surface area contributed by atoms with Gasteiger partial charge < -0.3 is 16.4 Å². The van der Waals surface area contributed by atoms with Crippen molar-refractivity contribution in [3.63, 3.8) is 0 Å². The number of allylic oxidation sites excluding steroid dienone is 2. The maximum Gasteiger partial charge on any atom is 0.223 e. The van der Waals surface area contributed by atoms with Crippen LogP contribution in [-0.4, -0.2) is 46.0 Å². The third-order valence-electron chi connectivity index (χ3n) is 13.3. The number of fused-ring (bicyclic) bond motifs is 5. The lowest BCUT2D eigenvalue weighted by molar-refractivity contribution is -0.131. The van der Waals surface area contributed by atoms with Gasteiger partial charge in [-0.15, -0.1) is 0 Å². The van der Waals surface area contributed by atoms with E-state index in [1.807, 2.05) is 43.4 Å². The highest BCUT2D eigenvalue weighted by Crippen LogP contribution is 2.67. The maximum atomic E-state index is 13.2. The Kier molecular flexibility index (Phi) is 13.3. The van der Waals surface area contributed by atoms with Crippen LogP contribution in [0.4, 0.5) is 0 Å². The van der Waals surface area contributed by atoms with Crippen molar-refractivity contribution in [2.75, 3.05) is 18.8 Å². The Labute approximate surface area is 293 Å². The van der Waals surface area contributed by atoms with Crippen LogP contribution in [0.15, 0.2) is 11.6 Å². The lowest BCUT2D eigenvalue weighted by Crippen LogP contribution is -2.50. The Morgan fingerprint density at radius 1 is 0.957 bits per heavy atom. The third-order valence-corrected chi connectivity index (χ3v) is 16.2. The standard InChI is InChI=1S/C40H73N3OS2/c1-28(2)11-10-12-29(3)33-15-16-34-32-14-13-30-27-31(17-20-39(30,8)35(32)18-21-40(33,34)9)46-45-26-19-36(44)43(24-22-37(4,5)41)25-23-38(6,7)42/h13,28-29,31-35H,10-12,14-27,41-42H2,1-9H3/t29?,31-,32-,33+,34-,35-,39-,40+/m0/s1. The molecule has 1 unspecified atom stereocenters. The molecule has 0 bridgehead atoms. The summed E-state index contributed by atoms with van der Waals surface area (Å²) in [4.78, 5) is 15.2. The number of hydrogen-bond acceptors (Lipinski definition) is 5. The van der Waals surface area contributed by atoms with Crippen molar-refractivity contribution < 1.29 is 4.79 Å². The minimum atomic E-state index is -0.271. The Morgan fingerprint density at radius 2 is 1.63 bits per heavy atom. The van der Waals surface area contributed by atoms with Gasteiger partial charge in [0.1, 0.15) is 0 Å². The summed E-state index contributed by atoms with van der Waals surface area (Å²) in [5.41, 5.74) is 14.7. The minimum absolute atomic E-state index is 0.252. The van der Waals surface area contributed by atoms with Gasteiger partial charge in [0, 0.05) is 41.6 Å². The molecule has 0 aromatic heterocycles. The minimum Gasteiger partial charge on any atom is -0.343 e. The van der Waals surface area contributed by atoms with Crippen LogP contribution in [0.1, 0.15) is 152 Å². The van der Waals surface area contributed by atoms with Crippen molar-refractivity contribution in [1.82, 2.24) is 4.90 Å². The number of hydrogen-bond donors (Lipinski definition) is 2. The number of carbonyl (C=O) groups is 1. The predicted molar refractivity (Wildman–Crippen MR) is 204 cm³/mol. The summed E-state index contributed by atoms with van der Waals surface area (Å²) in [6.07, 6.45) is 20.3. The van der Waals surface area contributed by atoms with Gasteiger partial charge in [0.2, 0.25) is 5.91 Å². The first-order valence-electron chi connectivity index (χ1n) is 19.3. The smallest absolute Gasteiger partial charge is 0.223 e. The zero-order valence-electron chi connectivity index (χ0n) is 31.5. The fraction of sp³-hybridized carbons (Fsp3) is 0.925. The molecule has 0 aliphatic heterocycles. The lowest BCUT2D eigenvalue weighted by Gasteiger charge is -2.58. The van der Waals surface area contributed by atoms with Gasteiger partial charge >= 0.3 is 0 Å². The number of carbonyl (C=O) groups excluding carboxylic acids is 1. The molecule has 3 saturated carbocycles. The van der Waals surface area contributed by atoms with Crippen molar-refractivity contribution in [2.45, 2.75) is 169 Å². The molecule has 4 rings (SSSR count). The second-order valence-corrected chi connectivity index (χ2v) is 21.5.